The normalized spacial score (nSPS) is 18.6. The van der Waals surface area contributed by atoms with Crippen molar-refractivity contribution >= 4 is 17.9 Å². The van der Waals surface area contributed by atoms with Crippen LogP contribution in [-0.4, -0.2) is 19.0 Å². The number of ether oxygens (including phenoxy) is 2. The second-order valence-electron chi connectivity index (χ2n) is 7.22. The average Bonchev–Trinajstić information content (AvgIpc) is 2.74. The minimum atomic E-state index is -0.0139. The van der Waals surface area contributed by atoms with Crippen LogP contribution in [0.1, 0.15) is 30.9 Å². The molecule has 0 atom stereocenters. The molecule has 1 saturated carbocycles. The van der Waals surface area contributed by atoms with Crippen LogP contribution < -0.4 is 9.47 Å². The van der Waals surface area contributed by atoms with E-state index in [1.165, 1.54) is 0 Å². The van der Waals surface area contributed by atoms with Crippen molar-refractivity contribution < 1.29 is 14.3 Å². The van der Waals surface area contributed by atoms with E-state index in [1.54, 1.807) is 12.1 Å². The number of rotatable bonds is 6. The molecular formula is C25H22N2O3. The molecular weight excluding hydrogens is 376 g/mol. The highest BCUT2D eigenvalue weighted by atomic mass is 16.5. The Morgan fingerprint density at radius 1 is 0.900 bits per heavy atom. The molecule has 1 fully saturated rings. The molecule has 2 aromatic rings. The third kappa shape index (κ3) is 5.59. The molecule has 0 aliphatic heterocycles. The zero-order valence-corrected chi connectivity index (χ0v) is 16.8. The van der Waals surface area contributed by atoms with E-state index in [0.29, 0.717) is 30.3 Å². The Balaban J connectivity index is 1.85. The molecule has 0 unspecified atom stereocenters. The molecule has 2 aromatic carbocycles. The molecule has 0 N–H and O–H groups in total. The van der Waals surface area contributed by atoms with Crippen molar-refractivity contribution in [3.05, 3.63) is 70.8 Å². The molecule has 150 valence electrons. The van der Waals surface area contributed by atoms with Gasteiger partial charge in [0.2, 0.25) is 0 Å². The SMILES string of the molecule is CC1C/C(=C\c2cccc(OCC#N)c2)C(=O)/C(=C/c2cccc(OCC#N)c2)C1. The molecule has 0 heterocycles. The predicted octanol–water partition coefficient (Wildman–Crippen LogP) is 4.96. The van der Waals surface area contributed by atoms with Gasteiger partial charge in [-0.2, -0.15) is 10.5 Å². The fourth-order valence-electron chi connectivity index (χ4n) is 3.49. The minimum Gasteiger partial charge on any atom is -0.479 e. The Morgan fingerprint density at radius 3 is 1.80 bits per heavy atom. The fraction of sp³-hybridized carbons (Fsp3) is 0.240. The van der Waals surface area contributed by atoms with Crippen LogP contribution >= 0.6 is 0 Å². The van der Waals surface area contributed by atoms with Crippen LogP contribution in [0, 0.1) is 28.6 Å². The molecule has 1 aliphatic carbocycles. The lowest BCUT2D eigenvalue weighted by atomic mass is 9.81. The minimum absolute atomic E-state index is 0.0139. The first-order valence-corrected chi connectivity index (χ1v) is 9.74. The zero-order chi connectivity index (χ0) is 21.3. The summed E-state index contributed by atoms with van der Waals surface area (Å²) in [5.74, 6) is 1.59. The van der Waals surface area contributed by atoms with E-state index in [-0.39, 0.29) is 19.0 Å². The first-order chi connectivity index (χ1) is 14.6. The third-order valence-corrected chi connectivity index (χ3v) is 4.72. The van der Waals surface area contributed by atoms with Crippen molar-refractivity contribution in [2.45, 2.75) is 19.8 Å². The predicted molar refractivity (Wildman–Crippen MR) is 114 cm³/mol. The van der Waals surface area contributed by atoms with E-state index in [9.17, 15) is 4.79 Å². The highest BCUT2D eigenvalue weighted by molar-refractivity contribution is 6.14. The van der Waals surface area contributed by atoms with Gasteiger partial charge in [0.25, 0.3) is 0 Å². The van der Waals surface area contributed by atoms with Gasteiger partial charge in [0.1, 0.15) is 23.6 Å². The van der Waals surface area contributed by atoms with Crippen molar-refractivity contribution in [3.63, 3.8) is 0 Å². The molecule has 0 aromatic heterocycles. The molecule has 1 aliphatic rings. The Hall–Kier alpha value is -3.83. The maximum Gasteiger partial charge on any atom is 0.185 e. The Morgan fingerprint density at radius 2 is 1.37 bits per heavy atom. The van der Waals surface area contributed by atoms with E-state index in [4.69, 9.17) is 20.0 Å². The molecule has 0 saturated heterocycles. The highest BCUT2D eigenvalue weighted by Crippen LogP contribution is 2.32. The summed E-state index contributed by atoms with van der Waals surface area (Å²) < 4.78 is 10.7. The number of allylic oxidation sites excluding steroid dienone is 2. The zero-order valence-electron chi connectivity index (χ0n) is 16.8. The van der Waals surface area contributed by atoms with Gasteiger partial charge in [-0.3, -0.25) is 4.79 Å². The van der Waals surface area contributed by atoms with Crippen molar-refractivity contribution in [3.8, 4) is 23.6 Å². The highest BCUT2D eigenvalue weighted by Gasteiger charge is 2.25. The van der Waals surface area contributed by atoms with E-state index in [2.05, 4.69) is 6.92 Å². The van der Waals surface area contributed by atoms with Gasteiger partial charge < -0.3 is 9.47 Å². The van der Waals surface area contributed by atoms with Gasteiger partial charge >= 0.3 is 0 Å². The van der Waals surface area contributed by atoms with Gasteiger partial charge in [0, 0.05) is 11.1 Å². The maximum atomic E-state index is 13.1. The summed E-state index contributed by atoms with van der Waals surface area (Å²) in [5.41, 5.74) is 3.26. The fourth-order valence-corrected chi connectivity index (χ4v) is 3.49. The summed E-state index contributed by atoms with van der Waals surface area (Å²) >= 11 is 0. The van der Waals surface area contributed by atoms with Gasteiger partial charge in [-0.1, -0.05) is 31.2 Å². The van der Waals surface area contributed by atoms with Crippen LogP contribution in [0.15, 0.2) is 59.7 Å². The number of Topliss-reactive ketones (excluding diaryl/α,β-unsaturated/α-hetero) is 1. The smallest absolute Gasteiger partial charge is 0.185 e. The van der Waals surface area contributed by atoms with Gasteiger partial charge in [-0.05, 0) is 66.3 Å². The van der Waals surface area contributed by atoms with E-state index < -0.39 is 0 Å². The van der Waals surface area contributed by atoms with Gasteiger partial charge in [-0.15, -0.1) is 0 Å². The number of benzene rings is 2. The van der Waals surface area contributed by atoms with Crippen LogP contribution in [0.5, 0.6) is 11.5 Å². The monoisotopic (exact) mass is 398 g/mol. The summed E-state index contributed by atoms with van der Waals surface area (Å²) in [5, 5.41) is 17.3. The molecule has 5 heteroatoms. The van der Waals surface area contributed by atoms with Gasteiger partial charge in [0.15, 0.2) is 19.0 Å². The third-order valence-electron chi connectivity index (χ3n) is 4.72. The Bertz CT molecular complexity index is 987. The second-order valence-corrected chi connectivity index (χ2v) is 7.22. The van der Waals surface area contributed by atoms with Crippen molar-refractivity contribution in [1.82, 2.24) is 0 Å². The Labute approximate surface area is 176 Å². The van der Waals surface area contributed by atoms with E-state index >= 15 is 0 Å². The molecule has 3 rings (SSSR count). The standard InChI is InChI=1S/C25H22N2O3/c1-18-12-21(14-19-4-2-6-23(16-19)29-10-8-26)25(28)22(13-18)15-20-5-3-7-24(17-20)30-11-9-27/h2-7,14-18H,10-13H2,1H3/b21-14+,22-15+. The first-order valence-electron chi connectivity index (χ1n) is 9.74. The lowest BCUT2D eigenvalue weighted by Gasteiger charge is -2.22. The topological polar surface area (TPSA) is 83.1 Å². The van der Waals surface area contributed by atoms with Crippen LogP contribution in [0.3, 0.4) is 0 Å². The summed E-state index contributed by atoms with van der Waals surface area (Å²) in [7, 11) is 0. The number of carbonyl (C=O) groups is 1. The Kier molecular flexibility index (Phi) is 7.03. The number of hydrogen-bond donors (Lipinski definition) is 0. The van der Waals surface area contributed by atoms with Crippen LogP contribution in [0.25, 0.3) is 12.2 Å². The quantitative estimate of drug-likeness (QED) is 0.643. The second kappa shape index (κ2) is 10.1. The molecule has 0 spiro atoms. The summed E-state index contributed by atoms with van der Waals surface area (Å²) in [6.45, 7) is 2.10. The van der Waals surface area contributed by atoms with Gasteiger partial charge in [0.05, 0.1) is 0 Å². The molecule has 5 nitrogen and oxygen atoms in total. The summed E-state index contributed by atoms with van der Waals surface area (Å²) in [6.07, 6.45) is 5.23. The lowest BCUT2D eigenvalue weighted by Crippen LogP contribution is -2.18. The average molecular weight is 398 g/mol. The van der Waals surface area contributed by atoms with Crippen molar-refractivity contribution in [2.24, 2.45) is 5.92 Å². The lowest BCUT2D eigenvalue weighted by molar-refractivity contribution is -0.113. The number of hydrogen-bond acceptors (Lipinski definition) is 5. The van der Waals surface area contributed by atoms with E-state index in [0.717, 1.165) is 22.3 Å². The van der Waals surface area contributed by atoms with E-state index in [1.807, 2.05) is 60.7 Å². The number of nitrogens with zero attached hydrogens (tertiary/aromatic N) is 2. The largest absolute Gasteiger partial charge is 0.479 e. The molecule has 0 amide bonds. The van der Waals surface area contributed by atoms with Crippen LogP contribution in [0.4, 0.5) is 0 Å². The number of nitriles is 2. The van der Waals surface area contributed by atoms with Crippen LogP contribution in [-0.2, 0) is 4.79 Å². The summed E-state index contributed by atoms with van der Waals surface area (Å²) in [6, 6.07) is 18.7. The van der Waals surface area contributed by atoms with Crippen molar-refractivity contribution in [2.75, 3.05) is 13.2 Å². The maximum absolute atomic E-state index is 13.1. The van der Waals surface area contributed by atoms with Crippen LogP contribution in [0.2, 0.25) is 0 Å². The van der Waals surface area contributed by atoms with Gasteiger partial charge in [-0.25, -0.2) is 0 Å². The van der Waals surface area contributed by atoms with Crippen molar-refractivity contribution in [1.29, 1.82) is 10.5 Å². The number of carbonyl (C=O) groups excluding carboxylic acids is 1. The molecule has 0 radical (unpaired) electrons. The summed E-state index contributed by atoms with van der Waals surface area (Å²) in [4.78, 5) is 13.1. The molecule has 30 heavy (non-hydrogen) atoms. The number of ketones is 1. The molecule has 0 bridgehead atoms. The first kappa shape index (κ1) is 20.9.